The highest BCUT2D eigenvalue weighted by molar-refractivity contribution is 7.15. The van der Waals surface area contributed by atoms with E-state index < -0.39 is 0 Å². The molecule has 0 atom stereocenters. The lowest BCUT2D eigenvalue weighted by Crippen LogP contribution is -2.16. The molecule has 0 spiro atoms. The van der Waals surface area contributed by atoms with Crippen molar-refractivity contribution in [1.29, 1.82) is 0 Å². The molecule has 3 rings (SSSR count). The lowest BCUT2D eigenvalue weighted by Gasteiger charge is -2.09. The highest BCUT2D eigenvalue weighted by Gasteiger charge is 2.06. The molecule has 0 aliphatic carbocycles. The molecule has 1 aromatic carbocycles. The molecule has 126 valence electrons. The average Bonchev–Trinajstić information content (AvgIpc) is 2.95. The largest absolute Gasteiger partial charge is 0.491 e. The van der Waals surface area contributed by atoms with Crippen LogP contribution >= 0.6 is 11.3 Å². The van der Waals surface area contributed by atoms with Crippen LogP contribution in [0, 0.1) is 6.92 Å². The molecule has 6 nitrogen and oxygen atoms in total. The summed E-state index contributed by atoms with van der Waals surface area (Å²) >= 11 is 1.47. The molecular weight excluding hydrogens is 326 g/mol. The van der Waals surface area contributed by atoms with Crippen LogP contribution in [0.1, 0.15) is 11.4 Å². The molecule has 2 aromatic heterocycles. The van der Waals surface area contributed by atoms with Crippen LogP contribution in [0.25, 0.3) is 4.96 Å². The zero-order valence-electron chi connectivity index (χ0n) is 13.6. The maximum atomic E-state index is 12.2. The number of thiazole rings is 1. The van der Waals surface area contributed by atoms with Gasteiger partial charge in [0, 0.05) is 36.0 Å². The molecule has 0 bridgehead atoms. The Morgan fingerprint density at radius 2 is 2.17 bits per heavy atom. The van der Waals surface area contributed by atoms with E-state index in [1.54, 1.807) is 17.6 Å². The van der Waals surface area contributed by atoms with Crippen molar-refractivity contribution in [2.75, 3.05) is 25.6 Å². The van der Waals surface area contributed by atoms with Crippen LogP contribution in [0.4, 0.5) is 5.69 Å². The Morgan fingerprint density at radius 3 is 3.00 bits per heavy atom. The fourth-order valence-corrected chi connectivity index (χ4v) is 3.21. The van der Waals surface area contributed by atoms with Gasteiger partial charge >= 0.3 is 0 Å². The molecule has 3 aromatic rings. The Hall–Kier alpha value is -2.38. The predicted octanol–water partition coefficient (Wildman–Crippen LogP) is 2.70. The molecule has 0 fully saturated rings. The minimum atomic E-state index is -0.0489. The van der Waals surface area contributed by atoms with Gasteiger partial charge in [-0.3, -0.25) is 9.20 Å². The second-order valence-corrected chi connectivity index (χ2v) is 6.14. The number of aryl methyl sites for hydroxylation is 1. The molecule has 7 heteroatoms. The summed E-state index contributed by atoms with van der Waals surface area (Å²) < 4.78 is 12.2. The van der Waals surface area contributed by atoms with Crippen molar-refractivity contribution in [3.63, 3.8) is 0 Å². The Kier molecular flexibility index (Phi) is 5.12. The van der Waals surface area contributed by atoms with Crippen molar-refractivity contribution < 1.29 is 9.47 Å². The highest BCUT2D eigenvalue weighted by atomic mass is 32.1. The van der Waals surface area contributed by atoms with E-state index in [4.69, 9.17) is 9.47 Å². The molecule has 0 aliphatic heterocycles. The Morgan fingerprint density at radius 1 is 1.29 bits per heavy atom. The van der Waals surface area contributed by atoms with E-state index in [2.05, 4.69) is 10.3 Å². The van der Waals surface area contributed by atoms with Gasteiger partial charge in [0.15, 0.2) is 4.96 Å². The van der Waals surface area contributed by atoms with Crippen LogP contribution in [-0.2, 0) is 11.3 Å². The number of methoxy groups -OCH3 is 1. The van der Waals surface area contributed by atoms with Gasteiger partial charge in [-0.2, -0.15) is 0 Å². The fourth-order valence-electron chi connectivity index (χ4n) is 2.32. The molecule has 1 N–H and O–H groups in total. The Labute approximate surface area is 143 Å². The second kappa shape index (κ2) is 7.46. The SMILES string of the molecule is COCCOc1cccc(NCc2cc(=O)n3c(C)csc3n2)c1. The first kappa shape index (κ1) is 16.5. The van der Waals surface area contributed by atoms with Crippen molar-refractivity contribution in [1.82, 2.24) is 9.38 Å². The van der Waals surface area contributed by atoms with Gasteiger partial charge in [-0.15, -0.1) is 11.3 Å². The number of anilines is 1. The summed E-state index contributed by atoms with van der Waals surface area (Å²) in [5, 5.41) is 5.21. The maximum absolute atomic E-state index is 12.2. The van der Waals surface area contributed by atoms with Crippen molar-refractivity contribution in [2.24, 2.45) is 0 Å². The van der Waals surface area contributed by atoms with E-state index >= 15 is 0 Å². The van der Waals surface area contributed by atoms with Crippen molar-refractivity contribution >= 4 is 22.0 Å². The van der Waals surface area contributed by atoms with Gasteiger partial charge in [-0.1, -0.05) is 6.07 Å². The van der Waals surface area contributed by atoms with Gasteiger partial charge in [-0.25, -0.2) is 4.98 Å². The number of hydrogen-bond acceptors (Lipinski definition) is 6. The molecule has 0 saturated carbocycles. The molecule has 0 unspecified atom stereocenters. The van der Waals surface area contributed by atoms with Crippen LogP contribution in [0.2, 0.25) is 0 Å². The molecule has 0 saturated heterocycles. The van der Waals surface area contributed by atoms with Gasteiger partial charge in [0.2, 0.25) is 0 Å². The third-order valence-electron chi connectivity index (χ3n) is 3.49. The number of nitrogens with one attached hydrogen (secondary N) is 1. The van der Waals surface area contributed by atoms with Crippen molar-refractivity contribution in [2.45, 2.75) is 13.5 Å². The van der Waals surface area contributed by atoms with E-state index in [9.17, 15) is 4.79 Å². The summed E-state index contributed by atoms with van der Waals surface area (Å²) in [6.45, 7) is 3.43. The van der Waals surface area contributed by atoms with Crippen LogP contribution in [-0.4, -0.2) is 29.7 Å². The number of hydrogen-bond donors (Lipinski definition) is 1. The van der Waals surface area contributed by atoms with Crippen molar-refractivity contribution in [3.8, 4) is 5.75 Å². The first-order chi connectivity index (χ1) is 11.7. The average molecular weight is 345 g/mol. The number of fused-ring (bicyclic) bond motifs is 1. The van der Waals surface area contributed by atoms with Gasteiger partial charge in [-0.05, 0) is 19.1 Å². The first-order valence-corrected chi connectivity index (χ1v) is 8.48. The van der Waals surface area contributed by atoms with E-state index in [0.29, 0.717) is 30.4 Å². The molecule has 0 aliphatic rings. The zero-order chi connectivity index (χ0) is 16.9. The summed E-state index contributed by atoms with van der Waals surface area (Å²) in [6.07, 6.45) is 0. The first-order valence-electron chi connectivity index (χ1n) is 7.60. The summed E-state index contributed by atoms with van der Waals surface area (Å²) in [4.78, 5) is 17.4. The third-order valence-corrected chi connectivity index (χ3v) is 4.44. The van der Waals surface area contributed by atoms with E-state index in [1.807, 2.05) is 36.6 Å². The highest BCUT2D eigenvalue weighted by Crippen LogP contribution is 2.18. The van der Waals surface area contributed by atoms with Gasteiger partial charge in [0.05, 0.1) is 18.8 Å². The Balaban J connectivity index is 1.69. The summed E-state index contributed by atoms with van der Waals surface area (Å²) in [5.41, 5.74) is 2.49. The fraction of sp³-hybridized carbons (Fsp3) is 0.294. The minimum absolute atomic E-state index is 0.0489. The summed E-state index contributed by atoms with van der Waals surface area (Å²) in [6, 6.07) is 9.24. The van der Waals surface area contributed by atoms with Crippen molar-refractivity contribution in [3.05, 3.63) is 57.5 Å². The number of benzene rings is 1. The van der Waals surface area contributed by atoms with Gasteiger partial charge in [0.25, 0.3) is 5.56 Å². The van der Waals surface area contributed by atoms with Crippen LogP contribution in [0.15, 0.2) is 40.5 Å². The number of aromatic nitrogens is 2. The van der Waals surface area contributed by atoms with Crippen LogP contribution in [0.5, 0.6) is 5.75 Å². The summed E-state index contributed by atoms with van der Waals surface area (Å²) in [7, 11) is 1.64. The number of rotatable bonds is 7. The van der Waals surface area contributed by atoms with Crippen LogP contribution in [0.3, 0.4) is 0 Å². The smallest absolute Gasteiger partial charge is 0.259 e. The lowest BCUT2D eigenvalue weighted by molar-refractivity contribution is 0.146. The lowest BCUT2D eigenvalue weighted by atomic mass is 10.3. The van der Waals surface area contributed by atoms with Crippen LogP contribution < -0.4 is 15.6 Å². The topological polar surface area (TPSA) is 64.9 Å². The number of nitrogens with zero attached hydrogens (tertiary/aromatic N) is 2. The monoisotopic (exact) mass is 345 g/mol. The summed E-state index contributed by atoms with van der Waals surface area (Å²) in [5.74, 6) is 0.773. The zero-order valence-corrected chi connectivity index (χ0v) is 14.4. The second-order valence-electron chi connectivity index (χ2n) is 5.30. The maximum Gasteiger partial charge on any atom is 0.259 e. The Bertz CT molecular complexity index is 888. The molecule has 0 amide bonds. The van der Waals surface area contributed by atoms with E-state index in [1.165, 1.54) is 11.3 Å². The van der Waals surface area contributed by atoms with E-state index in [-0.39, 0.29) is 5.56 Å². The van der Waals surface area contributed by atoms with Gasteiger partial charge in [0.1, 0.15) is 12.4 Å². The molecule has 2 heterocycles. The quantitative estimate of drug-likeness (QED) is 0.667. The predicted molar refractivity (Wildman–Crippen MR) is 95.2 cm³/mol. The number of ether oxygens (including phenoxy) is 2. The molecule has 0 radical (unpaired) electrons. The van der Waals surface area contributed by atoms with Gasteiger partial charge < -0.3 is 14.8 Å². The third kappa shape index (κ3) is 3.74. The molecular formula is C17H19N3O3S. The normalized spacial score (nSPS) is 10.9. The molecule has 24 heavy (non-hydrogen) atoms. The van der Waals surface area contributed by atoms with E-state index in [0.717, 1.165) is 17.1 Å². The standard InChI is InChI=1S/C17H19N3O3S/c1-12-11-24-17-19-14(9-16(21)20(12)17)10-18-13-4-3-5-15(8-13)23-7-6-22-2/h3-5,8-9,11,18H,6-7,10H2,1-2H3. The minimum Gasteiger partial charge on any atom is -0.491 e.